The molecular formula is C16H13ClN2O2S2. The maximum Gasteiger partial charge on any atom is 0.274 e. The van der Waals surface area contributed by atoms with Crippen LogP contribution in [-0.4, -0.2) is 13.4 Å². The molecule has 7 heteroatoms. The quantitative estimate of drug-likeness (QED) is 0.682. The zero-order valence-electron chi connectivity index (χ0n) is 12.0. The summed E-state index contributed by atoms with van der Waals surface area (Å²) >= 11 is 7.11. The number of thiophene rings is 1. The van der Waals surface area contributed by atoms with Crippen LogP contribution in [0, 0.1) is 0 Å². The Morgan fingerprint density at radius 1 is 1.09 bits per heavy atom. The lowest BCUT2D eigenvalue weighted by atomic mass is 10.2. The van der Waals surface area contributed by atoms with Crippen molar-refractivity contribution in [3.05, 3.63) is 76.9 Å². The number of pyridine rings is 1. The zero-order valence-corrected chi connectivity index (χ0v) is 14.4. The predicted octanol–water partition coefficient (Wildman–Crippen LogP) is 4.19. The molecule has 0 spiro atoms. The molecular weight excluding hydrogens is 352 g/mol. The molecule has 4 nitrogen and oxygen atoms in total. The molecule has 0 atom stereocenters. The van der Waals surface area contributed by atoms with Crippen LogP contribution in [0.1, 0.15) is 5.56 Å². The van der Waals surface area contributed by atoms with Crippen molar-refractivity contribution in [2.24, 2.45) is 0 Å². The number of benzene rings is 1. The van der Waals surface area contributed by atoms with Crippen molar-refractivity contribution < 1.29 is 8.42 Å². The first-order chi connectivity index (χ1) is 11.1. The minimum absolute atomic E-state index is 0.204. The second kappa shape index (κ2) is 6.70. The topological polar surface area (TPSA) is 50.3 Å². The van der Waals surface area contributed by atoms with Crippen LogP contribution in [0.2, 0.25) is 5.02 Å². The van der Waals surface area contributed by atoms with E-state index in [1.54, 1.807) is 60.2 Å². The summed E-state index contributed by atoms with van der Waals surface area (Å²) in [4.78, 5) is 4.05. The third kappa shape index (κ3) is 3.55. The summed E-state index contributed by atoms with van der Waals surface area (Å²) in [6, 6.07) is 13.7. The number of anilines is 1. The molecule has 0 fully saturated rings. The molecule has 0 radical (unpaired) electrons. The van der Waals surface area contributed by atoms with Gasteiger partial charge in [0.25, 0.3) is 10.0 Å². The summed E-state index contributed by atoms with van der Waals surface area (Å²) < 4.78 is 27.6. The molecule has 1 aromatic carbocycles. The molecule has 2 heterocycles. The smallest absolute Gasteiger partial charge is 0.264 e. The van der Waals surface area contributed by atoms with Crippen LogP contribution in [0.25, 0.3) is 0 Å². The van der Waals surface area contributed by atoms with E-state index >= 15 is 0 Å². The Morgan fingerprint density at radius 2 is 1.87 bits per heavy atom. The number of sulfonamides is 1. The van der Waals surface area contributed by atoms with E-state index < -0.39 is 10.0 Å². The largest absolute Gasteiger partial charge is 0.274 e. The van der Waals surface area contributed by atoms with Gasteiger partial charge in [-0.2, -0.15) is 0 Å². The van der Waals surface area contributed by atoms with Gasteiger partial charge in [0.1, 0.15) is 4.21 Å². The summed E-state index contributed by atoms with van der Waals surface area (Å²) in [5, 5.41) is 2.31. The highest BCUT2D eigenvalue weighted by atomic mass is 35.5. The van der Waals surface area contributed by atoms with Gasteiger partial charge in [0, 0.05) is 17.4 Å². The van der Waals surface area contributed by atoms with Gasteiger partial charge in [-0.05, 0) is 47.3 Å². The normalized spacial score (nSPS) is 11.3. The van der Waals surface area contributed by atoms with E-state index in [2.05, 4.69) is 4.98 Å². The Kier molecular flexibility index (Phi) is 4.66. The number of hydrogen-bond acceptors (Lipinski definition) is 4. The summed E-state index contributed by atoms with van der Waals surface area (Å²) in [7, 11) is -3.64. The SMILES string of the molecule is O=S(=O)(c1cccs1)N(Cc1cccnc1)c1ccc(Cl)cc1. The van der Waals surface area contributed by atoms with E-state index in [4.69, 9.17) is 11.6 Å². The van der Waals surface area contributed by atoms with Gasteiger partial charge in [-0.25, -0.2) is 8.42 Å². The standard InChI is InChI=1S/C16H13ClN2O2S2/c17-14-5-7-15(8-6-14)19(12-13-3-1-9-18-11-13)23(20,21)16-4-2-10-22-16/h1-11H,12H2. The first-order valence-corrected chi connectivity index (χ1v) is 9.48. The van der Waals surface area contributed by atoms with Crippen LogP contribution in [-0.2, 0) is 16.6 Å². The van der Waals surface area contributed by atoms with Crippen LogP contribution < -0.4 is 4.31 Å². The highest BCUT2D eigenvalue weighted by molar-refractivity contribution is 7.94. The van der Waals surface area contributed by atoms with E-state index in [0.717, 1.165) is 5.56 Å². The molecule has 0 aliphatic rings. The highest BCUT2D eigenvalue weighted by Gasteiger charge is 2.26. The van der Waals surface area contributed by atoms with Gasteiger partial charge < -0.3 is 0 Å². The van der Waals surface area contributed by atoms with Crippen molar-refractivity contribution in [3.63, 3.8) is 0 Å². The fraction of sp³-hybridized carbons (Fsp3) is 0.0625. The Labute approximate surface area is 144 Å². The van der Waals surface area contributed by atoms with Crippen LogP contribution >= 0.6 is 22.9 Å². The maximum absolute atomic E-state index is 13.0. The number of aromatic nitrogens is 1. The molecule has 0 saturated carbocycles. The van der Waals surface area contributed by atoms with Crippen molar-refractivity contribution in [2.45, 2.75) is 10.8 Å². The lowest BCUT2D eigenvalue weighted by Gasteiger charge is -2.23. The third-order valence-corrected chi connectivity index (χ3v) is 6.60. The molecule has 0 aliphatic carbocycles. The van der Waals surface area contributed by atoms with Gasteiger partial charge in [-0.1, -0.05) is 23.7 Å². The minimum atomic E-state index is -3.64. The Bertz CT molecular complexity index is 864. The van der Waals surface area contributed by atoms with Crippen molar-refractivity contribution >= 4 is 38.6 Å². The number of halogens is 1. The van der Waals surface area contributed by atoms with E-state index in [0.29, 0.717) is 14.9 Å². The molecule has 0 aliphatic heterocycles. The van der Waals surface area contributed by atoms with E-state index in [9.17, 15) is 8.42 Å². The average Bonchev–Trinajstić information content (AvgIpc) is 3.10. The first kappa shape index (κ1) is 16.0. The highest BCUT2D eigenvalue weighted by Crippen LogP contribution is 2.29. The summed E-state index contributed by atoms with van der Waals surface area (Å²) in [6.45, 7) is 0.204. The van der Waals surface area contributed by atoms with Gasteiger partial charge in [0.05, 0.1) is 12.2 Å². The van der Waals surface area contributed by atoms with Gasteiger partial charge >= 0.3 is 0 Å². The fourth-order valence-electron chi connectivity index (χ4n) is 2.10. The Balaban J connectivity index is 2.05. The lowest BCUT2D eigenvalue weighted by Crippen LogP contribution is -2.30. The zero-order chi connectivity index (χ0) is 16.3. The van der Waals surface area contributed by atoms with Crippen LogP contribution in [0.3, 0.4) is 0 Å². The van der Waals surface area contributed by atoms with Crippen molar-refractivity contribution in [1.29, 1.82) is 0 Å². The second-order valence-corrected chi connectivity index (χ2v) is 8.25. The second-order valence-electron chi connectivity index (χ2n) is 4.78. The predicted molar refractivity (Wildman–Crippen MR) is 93.4 cm³/mol. The van der Waals surface area contributed by atoms with E-state index in [1.165, 1.54) is 15.6 Å². The van der Waals surface area contributed by atoms with Crippen molar-refractivity contribution in [2.75, 3.05) is 4.31 Å². The molecule has 118 valence electrons. The molecule has 0 N–H and O–H groups in total. The fourth-order valence-corrected chi connectivity index (χ4v) is 4.78. The van der Waals surface area contributed by atoms with E-state index in [-0.39, 0.29) is 6.54 Å². The number of hydrogen-bond donors (Lipinski definition) is 0. The molecule has 0 saturated heterocycles. The first-order valence-electron chi connectivity index (χ1n) is 6.78. The third-order valence-electron chi connectivity index (χ3n) is 3.20. The molecule has 0 bridgehead atoms. The van der Waals surface area contributed by atoms with Gasteiger partial charge in [-0.15, -0.1) is 11.3 Å². The summed E-state index contributed by atoms with van der Waals surface area (Å²) in [5.41, 5.74) is 1.37. The lowest BCUT2D eigenvalue weighted by molar-refractivity contribution is 0.592. The van der Waals surface area contributed by atoms with E-state index in [1.807, 2.05) is 6.07 Å². The summed E-state index contributed by atoms with van der Waals surface area (Å²) in [5.74, 6) is 0. The van der Waals surface area contributed by atoms with Crippen molar-refractivity contribution in [1.82, 2.24) is 4.98 Å². The van der Waals surface area contributed by atoms with Crippen LogP contribution in [0.4, 0.5) is 5.69 Å². The maximum atomic E-state index is 13.0. The molecule has 3 rings (SSSR count). The average molecular weight is 365 g/mol. The Morgan fingerprint density at radius 3 is 2.48 bits per heavy atom. The Hall–Kier alpha value is -1.89. The van der Waals surface area contributed by atoms with Crippen LogP contribution in [0.5, 0.6) is 0 Å². The number of nitrogens with zero attached hydrogens (tertiary/aromatic N) is 2. The minimum Gasteiger partial charge on any atom is -0.264 e. The molecule has 23 heavy (non-hydrogen) atoms. The van der Waals surface area contributed by atoms with Gasteiger partial charge in [-0.3, -0.25) is 9.29 Å². The summed E-state index contributed by atoms with van der Waals surface area (Å²) in [6.07, 6.45) is 3.32. The molecule has 0 unspecified atom stereocenters. The van der Waals surface area contributed by atoms with Crippen molar-refractivity contribution in [3.8, 4) is 0 Å². The van der Waals surface area contributed by atoms with Gasteiger partial charge in [0.2, 0.25) is 0 Å². The monoisotopic (exact) mass is 364 g/mol. The van der Waals surface area contributed by atoms with Crippen LogP contribution in [0.15, 0.2) is 70.5 Å². The number of rotatable bonds is 5. The van der Waals surface area contributed by atoms with Gasteiger partial charge in [0.15, 0.2) is 0 Å². The molecule has 2 aromatic heterocycles. The molecule has 3 aromatic rings. The molecule has 0 amide bonds.